The van der Waals surface area contributed by atoms with Crippen molar-refractivity contribution in [1.82, 2.24) is 15.5 Å². The fraction of sp³-hybridized carbons (Fsp3) is 0.304. The quantitative estimate of drug-likeness (QED) is 0.595. The SMILES string of the molecule is CCC1(c2ccccc2)NC(=O)N(CC(=O)NCC(=O)Nc2c(C)cccc2C)C1=O. The lowest BCUT2D eigenvalue weighted by Gasteiger charge is -2.25. The summed E-state index contributed by atoms with van der Waals surface area (Å²) in [5.41, 5.74) is 1.99. The number of hydrogen-bond acceptors (Lipinski definition) is 4. The smallest absolute Gasteiger partial charge is 0.325 e. The molecule has 0 spiro atoms. The van der Waals surface area contributed by atoms with Crippen molar-refractivity contribution in [3.63, 3.8) is 0 Å². The fourth-order valence-electron chi connectivity index (χ4n) is 3.71. The van der Waals surface area contributed by atoms with Crippen LogP contribution in [0.15, 0.2) is 48.5 Å². The van der Waals surface area contributed by atoms with Crippen LogP contribution in [-0.2, 0) is 19.9 Å². The van der Waals surface area contributed by atoms with Gasteiger partial charge in [-0.15, -0.1) is 0 Å². The summed E-state index contributed by atoms with van der Waals surface area (Å²) in [7, 11) is 0. The van der Waals surface area contributed by atoms with Crippen molar-refractivity contribution in [2.45, 2.75) is 32.7 Å². The molecule has 0 radical (unpaired) electrons. The van der Waals surface area contributed by atoms with E-state index in [1.54, 1.807) is 31.2 Å². The molecule has 3 rings (SSSR count). The van der Waals surface area contributed by atoms with Crippen molar-refractivity contribution in [3.8, 4) is 0 Å². The predicted octanol–water partition coefficient (Wildman–Crippen LogP) is 2.22. The third-order valence-corrected chi connectivity index (χ3v) is 5.47. The van der Waals surface area contributed by atoms with Crippen LogP contribution in [0, 0.1) is 13.8 Å². The van der Waals surface area contributed by atoms with Gasteiger partial charge in [0.2, 0.25) is 11.8 Å². The number of aryl methyl sites for hydroxylation is 2. The van der Waals surface area contributed by atoms with E-state index >= 15 is 0 Å². The second-order valence-electron chi connectivity index (χ2n) is 7.54. The van der Waals surface area contributed by atoms with Gasteiger partial charge in [0, 0.05) is 5.69 Å². The highest BCUT2D eigenvalue weighted by atomic mass is 16.2. The van der Waals surface area contributed by atoms with E-state index in [9.17, 15) is 19.2 Å². The van der Waals surface area contributed by atoms with E-state index in [2.05, 4.69) is 16.0 Å². The first kappa shape index (κ1) is 22.0. The van der Waals surface area contributed by atoms with E-state index in [0.29, 0.717) is 17.7 Å². The van der Waals surface area contributed by atoms with Crippen LogP contribution >= 0.6 is 0 Å². The van der Waals surface area contributed by atoms with E-state index in [-0.39, 0.29) is 6.54 Å². The Bertz CT molecular complexity index is 1000. The van der Waals surface area contributed by atoms with Crippen LogP contribution in [0.1, 0.15) is 30.0 Å². The summed E-state index contributed by atoms with van der Waals surface area (Å²) >= 11 is 0. The average Bonchev–Trinajstić information content (AvgIpc) is 3.00. The summed E-state index contributed by atoms with van der Waals surface area (Å²) in [5.74, 6) is -1.48. The number of rotatable bonds is 7. The molecule has 0 bridgehead atoms. The molecule has 2 aromatic rings. The summed E-state index contributed by atoms with van der Waals surface area (Å²) in [6.07, 6.45) is 0.345. The number of imide groups is 1. The maximum atomic E-state index is 13.0. The van der Waals surface area contributed by atoms with Gasteiger partial charge in [0.15, 0.2) is 0 Å². The molecular formula is C23H26N4O4. The fourth-order valence-corrected chi connectivity index (χ4v) is 3.71. The van der Waals surface area contributed by atoms with Crippen LogP contribution in [0.4, 0.5) is 10.5 Å². The highest BCUT2D eigenvalue weighted by molar-refractivity contribution is 6.09. The highest BCUT2D eigenvalue weighted by Crippen LogP contribution is 2.32. The first-order valence-corrected chi connectivity index (χ1v) is 10.1. The average molecular weight is 422 g/mol. The minimum absolute atomic E-state index is 0.270. The minimum atomic E-state index is -1.20. The molecule has 0 saturated carbocycles. The number of benzene rings is 2. The molecule has 1 fully saturated rings. The molecule has 1 saturated heterocycles. The van der Waals surface area contributed by atoms with E-state index in [0.717, 1.165) is 16.0 Å². The second-order valence-corrected chi connectivity index (χ2v) is 7.54. The zero-order valence-electron chi connectivity index (χ0n) is 17.8. The molecule has 3 N–H and O–H groups in total. The van der Waals surface area contributed by atoms with Crippen LogP contribution in [0.25, 0.3) is 0 Å². The Kier molecular flexibility index (Phi) is 6.39. The molecule has 0 aliphatic carbocycles. The van der Waals surface area contributed by atoms with Crippen molar-refractivity contribution in [1.29, 1.82) is 0 Å². The standard InChI is InChI=1S/C23H26N4O4/c1-4-23(17-11-6-5-7-12-17)21(30)27(22(31)26-23)14-19(29)24-13-18(28)25-20-15(2)9-8-10-16(20)3/h5-12H,4,13-14H2,1-3H3,(H,24,29)(H,25,28)(H,26,31). The molecular weight excluding hydrogens is 396 g/mol. The number of para-hydroxylation sites is 1. The zero-order valence-corrected chi connectivity index (χ0v) is 17.8. The van der Waals surface area contributed by atoms with E-state index < -0.39 is 35.8 Å². The number of carbonyl (C=O) groups is 4. The molecule has 1 aliphatic heterocycles. The highest BCUT2D eigenvalue weighted by Gasteiger charge is 2.51. The summed E-state index contributed by atoms with van der Waals surface area (Å²) in [5, 5.41) is 7.97. The molecule has 1 aliphatic rings. The third kappa shape index (κ3) is 4.42. The molecule has 2 aromatic carbocycles. The molecule has 5 amide bonds. The van der Waals surface area contributed by atoms with Crippen molar-refractivity contribution in [2.75, 3.05) is 18.4 Å². The first-order valence-electron chi connectivity index (χ1n) is 10.1. The number of carbonyl (C=O) groups excluding carboxylic acids is 4. The lowest BCUT2D eigenvalue weighted by molar-refractivity contribution is -0.135. The van der Waals surface area contributed by atoms with Gasteiger partial charge in [0.1, 0.15) is 12.1 Å². The molecule has 162 valence electrons. The van der Waals surface area contributed by atoms with Gasteiger partial charge in [0.25, 0.3) is 5.91 Å². The van der Waals surface area contributed by atoms with Crippen molar-refractivity contribution in [3.05, 3.63) is 65.2 Å². The molecule has 8 nitrogen and oxygen atoms in total. The topological polar surface area (TPSA) is 108 Å². The third-order valence-electron chi connectivity index (χ3n) is 5.47. The number of amides is 5. The number of anilines is 1. The Morgan fingerprint density at radius 1 is 0.968 bits per heavy atom. The summed E-state index contributed by atoms with van der Waals surface area (Å²) in [4.78, 5) is 51.0. The van der Waals surface area contributed by atoms with Gasteiger partial charge in [-0.25, -0.2) is 4.79 Å². The van der Waals surface area contributed by atoms with Crippen molar-refractivity contribution in [2.24, 2.45) is 0 Å². The van der Waals surface area contributed by atoms with Gasteiger partial charge in [0.05, 0.1) is 6.54 Å². The lowest BCUT2D eigenvalue weighted by atomic mass is 9.87. The van der Waals surface area contributed by atoms with Gasteiger partial charge in [-0.1, -0.05) is 55.5 Å². The van der Waals surface area contributed by atoms with Crippen LogP contribution in [0.2, 0.25) is 0 Å². The van der Waals surface area contributed by atoms with E-state index in [4.69, 9.17) is 0 Å². The van der Waals surface area contributed by atoms with Crippen LogP contribution in [0.3, 0.4) is 0 Å². The summed E-state index contributed by atoms with van der Waals surface area (Å²) in [6, 6.07) is 14.0. The Morgan fingerprint density at radius 2 is 1.61 bits per heavy atom. The Morgan fingerprint density at radius 3 is 2.23 bits per heavy atom. The Balaban J connectivity index is 1.61. The predicted molar refractivity (Wildman–Crippen MR) is 116 cm³/mol. The maximum absolute atomic E-state index is 13.0. The van der Waals surface area contributed by atoms with Crippen molar-refractivity contribution < 1.29 is 19.2 Å². The molecule has 1 heterocycles. The van der Waals surface area contributed by atoms with Gasteiger partial charge < -0.3 is 16.0 Å². The molecule has 0 aromatic heterocycles. The van der Waals surface area contributed by atoms with Gasteiger partial charge in [-0.2, -0.15) is 0 Å². The number of nitrogens with one attached hydrogen (secondary N) is 3. The largest absolute Gasteiger partial charge is 0.345 e. The number of hydrogen-bond donors (Lipinski definition) is 3. The molecule has 8 heteroatoms. The summed E-state index contributed by atoms with van der Waals surface area (Å²) in [6.45, 7) is 4.83. The Labute approximate surface area is 181 Å². The van der Waals surface area contributed by atoms with Gasteiger partial charge >= 0.3 is 6.03 Å². The van der Waals surface area contributed by atoms with Crippen LogP contribution in [0.5, 0.6) is 0 Å². The second kappa shape index (κ2) is 8.99. The molecule has 31 heavy (non-hydrogen) atoms. The van der Waals surface area contributed by atoms with E-state index in [1.165, 1.54) is 0 Å². The van der Waals surface area contributed by atoms with Crippen molar-refractivity contribution >= 4 is 29.4 Å². The minimum Gasteiger partial charge on any atom is -0.345 e. The normalized spacial score (nSPS) is 18.0. The molecule has 1 atom stereocenters. The van der Waals surface area contributed by atoms with Gasteiger partial charge in [-0.3, -0.25) is 19.3 Å². The zero-order chi connectivity index (χ0) is 22.6. The number of nitrogens with zero attached hydrogens (tertiary/aromatic N) is 1. The molecule has 1 unspecified atom stereocenters. The first-order chi connectivity index (χ1) is 14.8. The van der Waals surface area contributed by atoms with Crippen LogP contribution < -0.4 is 16.0 Å². The van der Waals surface area contributed by atoms with Gasteiger partial charge in [-0.05, 0) is 37.0 Å². The number of urea groups is 1. The lowest BCUT2D eigenvalue weighted by Crippen LogP contribution is -2.45. The Hall–Kier alpha value is -3.68. The summed E-state index contributed by atoms with van der Waals surface area (Å²) < 4.78 is 0. The monoisotopic (exact) mass is 422 g/mol. The maximum Gasteiger partial charge on any atom is 0.325 e. The van der Waals surface area contributed by atoms with E-state index in [1.807, 2.05) is 38.1 Å². The van der Waals surface area contributed by atoms with Crippen LogP contribution in [-0.4, -0.2) is 41.7 Å².